The van der Waals surface area contributed by atoms with Gasteiger partial charge in [-0.05, 0) is 60.8 Å². The van der Waals surface area contributed by atoms with Crippen molar-refractivity contribution in [2.24, 2.45) is 5.73 Å². The topological polar surface area (TPSA) is 93.2 Å². The van der Waals surface area contributed by atoms with Gasteiger partial charge in [0, 0.05) is 27.6 Å². The lowest BCUT2D eigenvalue weighted by Crippen LogP contribution is -2.42. The number of benzene rings is 3. The second-order valence-corrected chi connectivity index (χ2v) is 10.9. The number of hydrogen-bond acceptors (Lipinski definition) is 6. The summed E-state index contributed by atoms with van der Waals surface area (Å²) in [5.74, 6) is 2.91. The predicted molar refractivity (Wildman–Crippen MR) is 164 cm³/mol. The molecule has 7 nitrogen and oxygen atoms in total. The fraction of sp³-hybridized carbons (Fsp3) is 0.194. The predicted octanol–water partition coefficient (Wildman–Crippen LogP) is 5.62. The lowest BCUT2D eigenvalue weighted by Gasteiger charge is -2.32. The summed E-state index contributed by atoms with van der Waals surface area (Å²) in [5.41, 5.74) is 9.84. The summed E-state index contributed by atoms with van der Waals surface area (Å²) in [6.45, 7) is 0.757. The van der Waals surface area contributed by atoms with E-state index in [2.05, 4.69) is 11.3 Å². The van der Waals surface area contributed by atoms with Gasteiger partial charge in [-0.1, -0.05) is 48.0 Å². The van der Waals surface area contributed by atoms with Crippen molar-refractivity contribution in [1.29, 1.82) is 0 Å². The first-order valence-electron chi connectivity index (χ1n) is 12.9. The molecule has 5 aromatic rings. The molecule has 3 N–H and O–H groups in total. The second kappa shape index (κ2) is 12.3. The molecular formula is C31H28ClN5O2S. The average molecular weight is 570 g/mol. The molecule has 1 atom stereocenters. The molecule has 5 rings (SSSR count). The summed E-state index contributed by atoms with van der Waals surface area (Å²) < 4.78 is 2.50. The van der Waals surface area contributed by atoms with Crippen molar-refractivity contribution < 1.29 is 4.79 Å². The summed E-state index contributed by atoms with van der Waals surface area (Å²) in [4.78, 5) is 35.3. The van der Waals surface area contributed by atoms with E-state index in [4.69, 9.17) is 28.7 Å². The standard InChI is InChI=1S/C31H28ClN5O2S/c1-2-9-27(36(17-8-16-33)29(38)20-24-18-21-10-6-7-13-28(21)40-24)30-34-26-19-22(32)14-15-25(26)31(39)37(30)35-23-11-4-3-5-12-23/h1,3-7,10-15,18-19,27,35H,8-9,16-17,20,33H2/t27-/m1/s1. The van der Waals surface area contributed by atoms with Crippen LogP contribution >= 0.6 is 22.9 Å². The van der Waals surface area contributed by atoms with E-state index < -0.39 is 6.04 Å². The van der Waals surface area contributed by atoms with Crippen molar-refractivity contribution in [1.82, 2.24) is 14.6 Å². The van der Waals surface area contributed by atoms with E-state index in [0.717, 1.165) is 15.0 Å². The monoisotopic (exact) mass is 569 g/mol. The largest absolute Gasteiger partial charge is 0.331 e. The number of carbonyl (C=O) groups excluding carboxylic acids is 1. The van der Waals surface area contributed by atoms with E-state index in [0.29, 0.717) is 46.9 Å². The van der Waals surface area contributed by atoms with Crippen LogP contribution < -0.4 is 16.7 Å². The number of nitrogens with two attached hydrogens (primary N) is 1. The van der Waals surface area contributed by atoms with Gasteiger partial charge in [-0.15, -0.1) is 23.7 Å². The van der Waals surface area contributed by atoms with Crippen molar-refractivity contribution in [2.45, 2.75) is 25.3 Å². The highest BCUT2D eigenvalue weighted by Crippen LogP contribution is 2.29. The summed E-state index contributed by atoms with van der Waals surface area (Å²) in [5, 5.41) is 1.94. The third-order valence-electron chi connectivity index (χ3n) is 6.58. The second-order valence-electron chi connectivity index (χ2n) is 9.33. The van der Waals surface area contributed by atoms with Gasteiger partial charge in [-0.2, -0.15) is 0 Å². The minimum absolute atomic E-state index is 0.119. The third kappa shape index (κ3) is 5.87. The van der Waals surface area contributed by atoms with Gasteiger partial charge < -0.3 is 10.6 Å². The molecule has 0 aliphatic carbocycles. The Bertz CT molecular complexity index is 1730. The van der Waals surface area contributed by atoms with Crippen LogP contribution in [0.3, 0.4) is 0 Å². The molecule has 0 radical (unpaired) electrons. The Morgan fingerprint density at radius 3 is 2.65 bits per heavy atom. The summed E-state index contributed by atoms with van der Waals surface area (Å²) in [6, 6.07) is 23.6. The van der Waals surface area contributed by atoms with Crippen molar-refractivity contribution in [3.63, 3.8) is 0 Å². The van der Waals surface area contributed by atoms with Crippen LogP contribution in [0.15, 0.2) is 83.7 Å². The van der Waals surface area contributed by atoms with Crippen LogP contribution in [0.1, 0.15) is 29.6 Å². The Balaban J connectivity index is 1.62. The number of anilines is 1. The fourth-order valence-corrected chi connectivity index (χ4v) is 5.91. The molecule has 2 aromatic heterocycles. The molecule has 0 saturated carbocycles. The highest BCUT2D eigenvalue weighted by Gasteiger charge is 2.30. The molecule has 0 saturated heterocycles. The Morgan fingerprint density at radius 1 is 1.12 bits per heavy atom. The molecular weight excluding hydrogens is 542 g/mol. The maximum absolute atomic E-state index is 13.9. The van der Waals surface area contributed by atoms with Crippen molar-refractivity contribution in [3.05, 3.63) is 105 Å². The van der Waals surface area contributed by atoms with Crippen molar-refractivity contribution in [3.8, 4) is 12.3 Å². The number of nitrogens with zero attached hydrogens (tertiary/aromatic N) is 3. The molecule has 9 heteroatoms. The van der Waals surface area contributed by atoms with E-state index in [9.17, 15) is 9.59 Å². The smallest absolute Gasteiger partial charge is 0.280 e. The minimum Gasteiger partial charge on any atom is -0.331 e. The Labute approximate surface area is 241 Å². The Kier molecular flexibility index (Phi) is 8.46. The zero-order chi connectivity index (χ0) is 28.1. The highest BCUT2D eigenvalue weighted by molar-refractivity contribution is 7.19. The molecule has 0 aliphatic heterocycles. The van der Waals surface area contributed by atoms with E-state index in [1.54, 1.807) is 34.4 Å². The number of thiophene rings is 1. The molecule has 40 heavy (non-hydrogen) atoms. The van der Waals surface area contributed by atoms with Gasteiger partial charge in [0.05, 0.1) is 23.0 Å². The van der Waals surface area contributed by atoms with Crippen LogP contribution in [-0.2, 0) is 11.2 Å². The Morgan fingerprint density at radius 2 is 1.90 bits per heavy atom. The normalized spacial score (nSPS) is 11.8. The zero-order valence-electron chi connectivity index (χ0n) is 21.7. The first-order valence-corrected chi connectivity index (χ1v) is 14.1. The fourth-order valence-electron chi connectivity index (χ4n) is 4.69. The summed E-state index contributed by atoms with van der Waals surface area (Å²) in [7, 11) is 0. The van der Waals surface area contributed by atoms with Crippen LogP contribution in [0.25, 0.3) is 21.0 Å². The number of halogens is 1. The molecule has 0 unspecified atom stereocenters. The van der Waals surface area contributed by atoms with Crippen molar-refractivity contribution in [2.75, 3.05) is 18.5 Å². The number of amides is 1. The van der Waals surface area contributed by atoms with Crippen LogP contribution in [0, 0.1) is 12.3 Å². The summed E-state index contributed by atoms with van der Waals surface area (Å²) in [6.07, 6.45) is 6.76. The van der Waals surface area contributed by atoms with E-state index in [1.807, 2.05) is 60.7 Å². The van der Waals surface area contributed by atoms with Gasteiger partial charge in [-0.3, -0.25) is 15.0 Å². The van der Waals surface area contributed by atoms with E-state index in [-0.39, 0.29) is 24.3 Å². The summed E-state index contributed by atoms with van der Waals surface area (Å²) >= 11 is 7.85. The maximum atomic E-state index is 13.9. The number of nitrogens with one attached hydrogen (secondary N) is 1. The zero-order valence-corrected chi connectivity index (χ0v) is 23.3. The van der Waals surface area contributed by atoms with Gasteiger partial charge in [0.15, 0.2) is 5.82 Å². The average Bonchev–Trinajstić information content (AvgIpc) is 3.37. The van der Waals surface area contributed by atoms with Gasteiger partial charge in [0.25, 0.3) is 5.56 Å². The number of aromatic nitrogens is 2. The maximum Gasteiger partial charge on any atom is 0.280 e. The molecule has 2 heterocycles. The number of para-hydroxylation sites is 1. The quantitative estimate of drug-likeness (QED) is 0.213. The molecule has 0 aliphatic rings. The number of rotatable bonds is 10. The van der Waals surface area contributed by atoms with Crippen LogP contribution in [-0.4, -0.2) is 33.6 Å². The van der Waals surface area contributed by atoms with Crippen LogP contribution in [0.4, 0.5) is 5.69 Å². The van der Waals surface area contributed by atoms with Gasteiger partial charge in [0.1, 0.15) is 6.04 Å². The molecule has 3 aromatic carbocycles. The van der Waals surface area contributed by atoms with E-state index >= 15 is 0 Å². The van der Waals surface area contributed by atoms with E-state index in [1.165, 1.54) is 4.68 Å². The number of terminal acetylenes is 1. The van der Waals surface area contributed by atoms with Crippen LogP contribution in [0.5, 0.6) is 0 Å². The molecule has 0 bridgehead atoms. The first kappa shape index (κ1) is 27.4. The SMILES string of the molecule is C#CC[C@H](c1nc2cc(Cl)ccc2c(=O)n1Nc1ccccc1)N(CCCN)C(=O)Cc1cc2ccccc2s1. The van der Waals surface area contributed by atoms with Crippen LogP contribution in [0.2, 0.25) is 5.02 Å². The third-order valence-corrected chi connectivity index (χ3v) is 7.93. The number of hydrogen-bond donors (Lipinski definition) is 2. The lowest BCUT2D eigenvalue weighted by atomic mass is 10.1. The lowest BCUT2D eigenvalue weighted by molar-refractivity contribution is -0.133. The number of carbonyl (C=O) groups is 1. The number of fused-ring (bicyclic) bond motifs is 2. The molecule has 1 amide bonds. The molecule has 0 fully saturated rings. The van der Waals surface area contributed by atoms with Gasteiger partial charge in [-0.25, -0.2) is 9.66 Å². The Hall–Kier alpha value is -4.16. The minimum atomic E-state index is -0.689. The molecule has 0 spiro atoms. The highest BCUT2D eigenvalue weighted by atomic mass is 35.5. The van der Waals surface area contributed by atoms with Gasteiger partial charge >= 0.3 is 0 Å². The first-order chi connectivity index (χ1) is 19.5. The van der Waals surface area contributed by atoms with Crippen molar-refractivity contribution >= 4 is 55.5 Å². The van der Waals surface area contributed by atoms with Gasteiger partial charge in [0.2, 0.25) is 5.91 Å². The molecule has 202 valence electrons.